The number of carbonyl (C=O) groups is 1. The summed E-state index contributed by atoms with van der Waals surface area (Å²) >= 11 is 0. The maximum atomic E-state index is 11.5. The minimum Gasteiger partial charge on any atom is -0.459 e. The highest BCUT2D eigenvalue weighted by atomic mass is 16.6. The predicted molar refractivity (Wildman–Crippen MR) is 46.8 cm³/mol. The van der Waals surface area contributed by atoms with E-state index in [9.17, 15) is 4.79 Å². The van der Waals surface area contributed by atoms with Gasteiger partial charge in [-0.2, -0.15) is 5.26 Å². The number of carbonyl (C=O) groups excluding carboxylic acids is 1. The molecular weight excluding hydrogens is 168 g/mol. The average Bonchev–Trinajstić information content (AvgIpc) is 1.80. The largest absolute Gasteiger partial charge is 0.459 e. The molecule has 1 aliphatic rings. The number of rotatable bonds is 1. The second-order valence-electron chi connectivity index (χ2n) is 4.30. The molecule has 0 unspecified atom stereocenters. The van der Waals surface area contributed by atoms with Crippen molar-refractivity contribution in [3.05, 3.63) is 0 Å². The third-order valence-corrected chi connectivity index (χ3v) is 1.86. The van der Waals surface area contributed by atoms with Crippen molar-refractivity contribution in [2.45, 2.75) is 26.4 Å². The normalized spacial score (nSPS) is 19.8. The van der Waals surface area contributed by atoms with Gasteiger partial charge >= 0.3 is 5.97 Å². The van der Waals surface area contributed by atoms with Gasteiger partial charge in [0, 0.05) is 13.1 Å². The first-order valence-corrected chi connectivity index (χ1v) is 4.25. The average molecular weight is 182 g/mol. The Morgan fingerprint density at radius 3 is 2.31 bits per heavy atom. The molecule has 0 aliphatic carbocycles. The van der Waals surface area contributed by atoms with E-state index in [1.54, 1.807) is 20.8 Å². The molecule has 0 saturated carbocycles. The molecule has 0 aromatic carbocycles. The first-order valence-electron chi connectivity index (χ1n) is 4.25. The van der Waals surface area contributed by atoms with Crippen LogP contribution in [-0.2, 0) is 9.53 Å². The second-order valence-corrected chi connectivity index (χ2v) is 4.30. The SMILES string of the molecule is CC(C)(C)OC(=O)C1(C#N)CNC1. The molecule has 0 atom stereocenters. The van der Waals surface area contributed by atoms with Gasteiger partial charge in [0.15, 0.2) is 5.41 Å². The van der Waals surface area contributed by atoms with Crippen molar-refractivity contribution >= 4 is 5.97 Å². The lowest BCUT2D eigenvalue weighted by Gasteiger charge is -2.35. The molecule has 0 amide bonds. The van der Waals surface area contributed by atoms with Crippen LogP contribution in [0.25, 0.3) is 0 Å². The lowest BCUT2D eigenvalue weighted by atomic mass is 9.83. The van der Waals surface area contributed by atoms with E-state index in [2.05, 4.69) is 5.32 Å². The first kappa shape index (κ1) is 10.0. The van der Waals surface area contributed by atoms with E-state index in [4.69, 9.17) is 10.00 Å². The van der Waals surface area contributed by atoms with Crippen molar-refractivity contribution in [2.75, 3.05) is 13.1 Å². The van der Waals surface area contributed by atoms with E-state index in [0.717, 1.165) is 0 Å². The zero-order valence-corrected chi connectivity index (χ0v) is 8.18. The molecule has 4 nitrogen and oxygen atoms in total. The molecule has 1 rings (SSSR count). The summed E-state index contributed by atoms with van der Waals surface area (Å²) < 4.78 is 5.13. The Bertz CT molecular complexity index is 256. The number of nitrogens with one attached hydrogen (secondary N) is 1. The number of ether oxygens (including phenoxy) is 1. The van der Waals surface area contributed by atoms with Gasteiger partial charge in [-0.1, -0.05) is 0 Å². The number of nitriles is 1. The molecule has 0 aromatic heterocycles. The van der Waals surface area contributed by atoms with Gasteiger partial charge in [0.25, 0.3) is 0 Å². The van der Waals surface area contributed by atoms with Crippen molar-refractivity contribution < 1.29 is 9.53 Å². The Hall–Kier alpha value is -1.08. The lowest BCUT2D eigenvalue weighted by molar-refractivity contribution is -0.166. The molecule has 1 heterocycles. The molecule has 1 saturated heterocycles. The van der Waals surface area contributed by atoms with Gasteiger partial charge in [-0.25, -0.2) is 0 Å². The fourth-order valence-electron chi connectivity index (χ4n) is 1.02. The standard InChI is InChI=1S/C9H14N2O2/c1-8(2,3)13-7(12)9(4-10)5-11-6-9/h11H,5-6H2,1-3H3. The van der Waals surface area contributed by atoms with Gasteiger partial charge in [-0.05, 0) is 20.8 Å². The number of nitrogens with zero attached hydrogens (tertiary/aromatic N) is 1. The molecule has 0 aromatic rings. The summed E-state index contributed by atoms with van der Waals surface area (Å²) in [7, 11) is 0. The van der Waals surface area contributed by atoms with E-state index in [1.165, 1.54) is 0 Å². The van der Waals surface area contributed by atoms with Gasteiger partial charge in [0.05, 0.1) is 6.07 Å². The fourth-order valence-corrected chi connectivity index (χ4v) is 1.02. The zero-order chi connectivity index (χ0) is 10.1. The molecule has 13 heavy (non-hydrogen) atoms. The van der Waals surface area contributed by atoms with Crippen molar-refractivity contribution in [3.8, 4) is 6.07 Å². The van der Waals surface area contributed by atoms with Crippen LogP contribution in [-0.4, -0.2) is 24.7 Å². The van der Waals surface area contributed by atoms with Crippen LogP contribution in [0.2, 0.25) is 0 Å². The molecule has 0 radical (unpaired) electrons. The second kappa shape index (κ2) is 3.00. The van der Waals surface area contributed by atoms with Crippen molar-refractivity contribution in [1.29, 1.82) is 5.26 Å². The summed E-state index contributed by atoms with van der Waals surface area (Å²) in [6.45, 7) is 6.18. The smallest absolute Gasteiger partial charge is 0.329 e. The van der Waals surface area contributed by atoms with Crippen molar-refractivity contribution in [3.63, 3.8) is 0 Å². The van der Waals surface area contributed by atoms with Crippen molar-refractivity contribution in [2.24, 2.45) is 5.41 Å². The zero-order valence-electron chi connectivity index (χ0n) is 8.18. The molecule has 1 N–H and O–H groups in total. The van der Waals surface area contributed by atoms with Crippen LogP contribution in [0.4, 0.5) is 0 Å². The molecule has 1 fully saturated rings. The van der Waals surface area contributed by atoms with Crippen LogP contribution in [0, 0.1) is 16.7 Å². The Labute approximate surface area is 77.9 Å². The van der Waals surface area contributed by atoms with Gasteiger partial charge in [-0.3, -0.25) is 4.79 Å². The Morgan fingerprint density at radius 2 is 2.08 bits per heavy atom. The van der Waals surface area contributed by atoms with E-state index in [-0.39, 0.29) is 0 Å². The van der Waals surface area contributed by atoms with Crippen LogP contribution >= 0.6 is 0 Å². The highest BCUT2D eigenvalue weighted by Crippen LogP contribution is 2.25. The minimum atomic E-state index is -0.937. The Kier molecular flexibility index (Phi) is 2.31. The van der Waals surface area contributed by atoms with Gasteiger partial charge in [0.1, 0.15) is 5.60 Å². The summed E-state index contributed by atoms with van der Waals surface area (Å²) in [5.41, 5.74) is -1.45. The van der Waals surface area contributed by atoms with Crippen LogP contribution in [0.1, 0.15) is 20.8 Å². The van der Waals surface area contributed by atoms with Gasteiger partial charge in [-0.15, -0.1) is 0 Å². The lowest BCUT2D eigenvalue weighted by Crippen LogP contribution is -2.58. The Morgan fingerprint density at radius 1 is 1.54 bits per heavy atom. The van der Waals surface area contributed by atoms with Crippen LogP contribution < -0.4 is 5.32 Å². The molecule has 72 valence electrons. The molecular formula is C9H14N2O2. The summed E-state index contributed by atoms with van der Waals surface area (Å²) in [6, 6.07) is 2.00. The third-order valence-electron chi connectivity index (χ3n) is 1.86. The number of esters is 1. The van der Waals surface area contributed by atoms with Crippen LogP contribution in [0.5, 0.6) is 0 Å². The summed E-state index contributed by atoms with van der Waals surface area (Å²) in [5.74, 6) is -0.416. The highest BCUT2D eigenvalue weighted by molar-refractivity contribution is 5.82. The van der Waals surface area contributed by atoms with Crippen LogP contribution in [0.15, 0.2) is 0 Å². The highest BCUT2D eigenvalue weighted by Gasteiger charge is 2.47. The minimum absolute atomic E-state index is 0.401. The van der Waals surface area contributed by atoms with Gasteiger partial charge < -0.3 is 10.1 Å². The predicted octanol–water partition coefficient (Wildman–Crippen LogP) is 0.441. The quantitative estimate of drug-likeness (QED) is 0.598. The molecule has 0 spiro atoms. The van der Waals surface area contributed by atoms with Crippen molar-refractivity contribution in [1.82, 2.24) is 5.32 Å². The topological polar surface area (TPSA) is 62.1 Å². The third kappa shape index (κ3) is 1.99. The molecule has 4 heteroatoms. The van der Waals surface area contributed by atoms with E-state index in [1.807, 2.05) is 6.07 Å². The molecule has 0 bridgehead atoms. The number of hydrogen-bond donors (Lipinski definition) is 1. The first-order chi connectivity index (χ1) is 5.90. The number of hydrogen-bond acceptors (Lipinski definition) is 4. The van der Waals surface area contributed by atoms with E-state index >= 15 is 0 Å². The maximum absolute atomic E-state index is 11.5. The van der Waals surface area contributed by atoms with E-state index < -0.39 is 17.0 Å². The fraction of sp³-hybridized carbons (Fsp3) is 0.778. The monoisotopic (exact) mass is 182 g/mol. The van der Waals surface area contributed by atoms with Gasteiger partial charge in [0.2, 0.25) is 0 Å². The summed E-state index contributed by atoms with van der Waals surface area (Å²) in [4.78, 5) is 11.5. The maximum Gasteiger partial charge on any atom is 0.329 e. The Balaban J connectivity index is 2.63. The summed E-state index contributed by atoms with van der Waals surface area (Å²) in [5, 5.41) is 11.7. The summed E-state index contributed by atoms with van der Waals surface area (Å²) in [6.07, 6.45) is 0. The van der Waals surface area contributed by atoms with Crippen LogP contribution in [0.3, 0.4) is 0 Å². The van der Waals surface area contributed by atoms with E-state index in [0.29, 0.717) is 13.1 Å². The molecule has 1 aliphatic heterocycles.